The summed E-state index contributed by atoms with van der Waals surface area (Å²) in [6.07, 6.45) is 2.52. The molecule has 0 spiro atoms. The Bertz CT molecular complexity index is 312. The van der Waals surface area contributed by atoms with Crippen LogP contribution in [0.4, 0.5) is 0 Å². The fourth-order valence-electron chi connectivity index (χ4n) is 1.24. The van der Waals surface area contributed by atoms with Gasteiger partial charge in [0.2, 0.25) is 0 Å². The van der Waals surface area contributed by atoms with Crippen LogP contribution >= 0.6 is 27.7 Å². The smallest absolute Gasteiger partial charge is 0.0314 e. The quantitative estimate of drug-likeness (QED) is 0.643. The summed E-state index contributed by atoms with van der Waals surface area (Å²) in [7, 11) is 0. The van der Waals surface area contributed by atoms with Crippen LogP contribution in [0, 0.1) is 0 Å². The molecule has 0 aliphatic heterocycles. The lowest BCUT2D eigenvalue weighted by atomic mass is 10.1. The molecule has 15 heavy (non-hydrogen) atoms. The fraction of sp³-hybridized carbons (Fsp3) is 0.500. The molecule has 0 fully saturated rings. The fourth-order valence-corrected chi connectivity index (χ4v) is 3.00. The van der Waals surface area contributed by atoms with Crippen LogP contribution < -0.4 is 5.73 Å². The number of unbranched alkanes of at least 4 members (excludes halogenated alkanes) is 1. The predicted octanol–water partition coefficient (Wildman–Crippen LogP) is 4.36. The van der Waals surface area contributed by atoms with Gasteiger partial charge >= 0.3 is 0 Å². The maximum absolute atomic E-state index is 5.83. The lowest BCUT2D eigenvalue weighted by Crippen LogP contribution is -2.04. The Hall–Kier alpha value is 0.01000. The third-order valence-electron chi connectivity index (χ3n) is 2.24. The molecule has 0 radical (unpaired) electrons. The second-order valence-corrected chi connectivity index (χ2v) is 5.67. The molecule has 2 N–H and O–H groups in total. The Morgan fingerprint density at radius 3 is 2.73 bits per heavy atom. The molecule has 0 aliphatic rings. The molecule has 0 aromatic heterocycles. The number of halogens is 1. The standard InChI is InChI=1S/C12H18BrNS/c1-3-4-7-15-12-6-5-10(9(2)14)8-11(12)13/h5-6,8-9H,3-4,7,14H2,1-2H3. The van der Waals surface area contributed by atoms with Crippen LogP contribution in [0.5, 0.6) is 0 Å². The molecule has 0 heterocycles. The van der Waals surface area contributed by atoms with Crippen molar-refractivity contribution in [1.29, 1.82) is 0 Å². The third-order valence-corrected chi connectivity index (χ3v) is 4.32. The molecule has 1 rings (SSSR count). The van der Waals surface area contributed by atoms with Crippen molar-refractivity contribution in [2.45, 2.75) is 37.6 Å². The monoisotopic (exact) mass is 287 g/mol. The van der Waals surface area contributed by atoms with Crippen LogP contribution in [-0.4, -0.2) is 5.75 Å². The van der Waals surface area contributed by atoms with Crippen molar-refractivity contribution < 1.29 is 0 Å². The molecule has 0 saturated heterocycles. The maximum atomic E-state index is 5.83. The Morgan fingerprint density at radius 2 is 2.20 bits per heavy atom. The van der Waals surface area contributed by atoms with Crippen molar-refractivity contribution in [1.82, 2.24) is 0 Å². The molecule has 1 unspecified atom stereocenters. The minimum absolute atomic E-state index is 0.107. The van der Waals surface area contributed by atoms with Crippen LogP contribution in [0.3, 0.4) is 0 Å². The molecule has 0 bridgehead atoms. The van der Waals surface area contributed by atoms with Crippen LogP contribution in [0.1, 0.15) is 38.3 Å². The van der Waals surface area contributed by atoms with Crippen LogP contribution in [0.25, 0.3) is 0 Å². The first-order valence-electron chi connectivity index (χ1n) is 5.33. The molecular formula is C12H18BrNS. The van der Waals surface area contributed by atoms with Gasteiger partial charge in [0.25, 0.3) is 0 Å². The second kappa shape index (κ2) is 6.56. The first-order chi connectivity index (χ1) is 7.15. The van der Waals surface area contributed by atoms with E-state index in [0.717, 1.165) is 0 Å². The zero-order valence-corrected chi connectivity index (χ0v) is 11.7. The van der Waals surface area contributed by atoms with E-state index in [2.05, 4.69) is 41.1 Å². The summed E-state index contributed by atoms with van der Waals surface area (Å²) in [6.45, 7) is 4.22. The van der Waals surface area contributed by atoms with E-state index >= 15 is 0 Å². The van der Waals surface area contributed by atoms with E-state index in [9.17, 15) is 0 Å². The zero-order valence-electron chi connectivity index (χ0n) is 9.29. The van der Waals surface area contributed by atoms with E-state index in [1.54, 1.807) is 0 Å². The summed E-state index contributed by atoms with van der Waals surface area (Å²) in [4.78, 5) is 1.31. The van der Waals surface area contributed by atoms with Gasteiger partial charge in [0, 0.05) is 15.4 Å². The molecular weight excluding hydrogens is 270 g/mol. The van der Waals surface area contributed by atoms with Gasteiger partial charge in [0.05, 0.1) is 0 Å². The summed E-state index contributed by atoms with van der Waals surface area (Å²) in [5.41, 5.74) is 7.01. The summed E-state index contributed by atoms with van der Waals surface area (Å²) >= 11 is 5.50. The highest BCUT2D eigenvalue weighted by Gasteiger charge is 2.04. The summed E-state index contributed by atoms with van der Waals surface area (Å²) < 4.78 is 1.17. The van der Waals surface area contributed by atoms with Crippen molar-refractivity contribution in [3.05, 3.63) is 28.2 Å². The first-order valence-corrected chi connectivity index (χ1v) is 7.10. The van der Waals surface area contributed by atoms with Crippen LogP contribution in [0.2, 0.25) is 0 Å². The molecule has 1 aromatic rings. The van der Waals surface area contributed by atoms with Gasteiger partial charge in [0.15, 0.2) is 0 Å². The molecule has 84 valence electrons. The van der Waals surface area contributed by atoms with Gasteiger partial charge in [0.1, 0.15) is 0 Å². The average molecular weight is 288 g/mol. The highest BCUT2D eigenvalue weighted by Crippen LogP contribution is 2.30. The Balaban J connectivity index is 2.66. The maximum Gasteiger partial charge on any atom is 0.0314 e. The molecule has 3 heteroatoms. The molecule has 0 saturated carbocycles. The number of benzene rings is 1. The van der Waals surface area contributed by atoms with Gasteiger partial charge in [-0.05, 0) is 52.7 Å². The van der Waals surface area contributed by atoms with Crippen molar-refractivity contribution in [3.63, 3.8) is 0 Å². The van der Waals surface area contributed by atoms with Crippen molar-refractivity contribution in [2.24, 2.45) is 5.73 Å². The van der Waals surface area contributed by atoms with Gasteiger partial charge < -0.3 is 5.73 Å². The highest BCUT2D eigenvalue weighted by molar-refractivity contribution is 9.10. The van der Waals surface area contributed by atoms with E-state index < -0.39 is 0 Å². The van der Waals surface area contributed by atoms with Gasteiger partial charge in [-0.15, -0.1) is 11.8 Å². The minimum Gasteiger partial charge on any atom is -0.324 e. The SMILES string of the molecule is CCCCSc1ccc(C(C)N)cc1Br. The van der Waals surface area contributed by atoms with E-state index in [-0.39, 0.29) is 6.04 Å². The number of nitrogens with two attached hydrogens (primary N) is 1. The van der Waals surface area contributed by atoms with Crippen molar-refractivity contribution >= 4 is 27.7 Å². The lowest BCUT2D eigenvalue weighted by molar-refractivity contribution is 0.815. The normalized spacial score (nSPS) is 12.8. The molecule has 1 atom stereocenters. The predicted molar refractivity (Wildman–Crippen MR) is 72.4 cm³/mol. The Labute approximate surface area is 105 Å². The number of thioether (sulfide) groups is 1. The van der Waals surface area contributed by atoms with Crippen LogP contribution in [-0.2, 0) is 0 Å². The zero-order chi connectivity index (χ0) is 11.3. The average Bonchev–Trinajstić information content (AvgIpc) is 2.20. The molecule has 0 aliphatic carbocycles. The molecule has 1 aromatic carbocycles. The Kier molecular flexibility index (Phi) is 5.72. The molecule has 1 nitrogen and oxygen atoms in total. The second-order valence-electron chi connectivity index (χ2n) is 3.68. The van der Waals surface area contributed by atoms with Gasteiger partial charge in [-0.25, -0.2) is 0 Å². The van der Waals surface area contributed by atoms with Crippen LogP contribution in [0.15, 0.2) is 27.6 Å². The first kappa shape index (κ1) is 13.1. The van der Waals surface area contributed by atoms with E-state index in [0.29, 0.717) is 0 Å². The summed E-state index contributed by atoms with van der Waals surface area (Å²) in [5.74, 6) is 1.19. The van der Waals surface area contributed by atoms with Gasteiger partial charge in [-0.1, -0.05) is 19.4 Å². The van der Waals surface area contributed by atoms with Gasteiger partial charge in [-0.2, -0.15) is 0 Å². The topological polar surface area (TPSA) is 26.0 Å². The number of rotatable bonds is 5. The molecule has 0 amide bonds. The number of hydrogen-bond donors (Lipinski definition) is 1. The number of hydrogen-bond acceptors (Lipinski definition) is 2. The van der Waals surface area contributed by atoms with Crippen molar-refractivity contribution in [2.75, 3.05) is 5.75 Å². The lowest BCUT2D eigenvalue weighted by Gasteiger charge is -2.09. The Morgan fingerprint density at radius 1 is 1.47 bits per heavy atom. The minimum atomic E-state index is 0.107. The van der Waals surface area contributed by atoms with Crippen molar-refractivity contribution in [3.8, 4) is 0 Å². The van der Waals surface area contributed by atoms with E-state index in [1.165, 1.54) is 33.5 Å². The summed E-state index contributed by atoms with van der Waals surface area (Å²) in [6, 6.07) is 6.50. The van der Waals surface area contributed by atoms with E-state index in [1.807, 2.05) is 18.7 Å². The highest BCUT2D eigenvalue weighted by atomic mass is 79.9. The largest absolute Gasteiger partial charge is 0.324 e. The summed E-state index contributed by atoms with van der Waals surface area (Å²) in [5, 5.41) is 0. The van der Waals surface area contributed by atoms with E-state index in [4.69, 9.17) is 5.73 Å². The third kappa shape index (κ3) is 4.17. The van der Waals surface area contributed by atoms with Gasteiger partial charge in [-0.3, -0.25) is 0 Å².